The lowest BCUT2D eigenvalue weighted by atomic mass is 9.89. The van der Waals surface area contributed by atoms with Gasteiger partial charge in [0.2, 0.25) is 0 Å². The van der Waals surface area contributed by atoms with Gasteiger partial charge in [0.1, 0.15) is 0 Å². The molecular weight excluding hydrogens is 454 g/mol. The minimum Gasteiger partial charge on any atom is -0.456 e. The highest BCUT2D eigenvalue weighted by atomic mass is 16.5. The molecule has 0 saturated heterocycles. The van der Waals surface area contributed by atoms with Gasteiger partial charge in [0.05, 0.1) is 18.7 Å². The molecule has 0 radical (unpaired) electrons. The SMILES string of the molecule is Cc1nn(Cc2ccccc2)c(C)c1CNC(=O)COC(=O)CCC(=O)c1ccc2c(c1)CCCC2. The van der Waals surface area contributed by atoms with Crippen molar-refractivity contribution < 1.29 is 19.1 Å². The average molecular weight is 488 g/mol. The second kappa shape index (κ2) is 11.8. The van der Waals surface area contributed by atoms with Gasteiger partial charge in [0.15, 0.2) is 12.4 Å². The molecule has 1 heterocycles. The maximum absolute atomic E-state index is 12.5. The number of nitrogens with zero attached hydrogens (tertiary/aromatic N) is 2. The van der Waals surface area contributed by atoms with E-state index < -0.39 is 5.97 Å². The number of aromatic nitrogens is 2. The van der Waals surface area contributed by atoms with E-state index in [1.54, 1.807) is 0 Å². The average Bonchev–Trinajstić information content (AvgIpc) is 3.16. The number of rotatable bonds is 10. The van der Waals surface area contributed by atoms with Crippen LogP contribution in [0.3, 0.4) is 0 Å². The van der Waals surface area contributed by atoms with Gasteiger partial charge in [-0.05, 0) is 62.3 Å². The van der Waals surface area contributed by atoms with E-state index in [0.717, 1.165) is 41.8 Å². The number of nitrogens with one attached hydrogen (secondary N) is 1. The molecule has 0 bridgehead atoms. The monoisotopic (exact) mass is 487 g/mol. The van der Waals surface area contributed by atoms with Crippen LogP contribution in [0.2, 0.25) is 0 Å². The van der Waals surface area contributed by atoms with Crippen molar-refractivity contribution in [3.05, 3.63) is 87.7 Å². The third kappa shape index (κ3) is 6.47. The van der Waals surface area contributed by atoms with Crippen molar-refractivity contribution >= 4 is 17.7 Å². The first-order chi connectivity index (χ1) is 17.4. The molecule has 1 aliphatic carbocycles. The number of ketones is 1. The van der Waals surface area contributed by atoms with Gasteiger partial charge >= 0.3 is 5.97 Å². The first kappa shape index (κ1) is 25.4. The molecule has 3 aromatic rings. The fourth-order valence-corrected chi connectivity index (χ4v) is 4.62. The quantitative estimate of drug-likeness (QED) is 0.341. The lowest BCUT2D eigenvalue weighted by Gasteiger charge is -2.16. The van der Waals surface area contributed by atoms with Gasteiger partial charge < -0.3 is 10.1 Å². The third-order valence-corrected chi connectivity index (χ3v) is 6.76. The molecular formula is C29H33N3O4. The Morgan fingerprint density at radius 1 is 0.972 bits per heavy atom. The van der Waals surface area contributed by atoms with Crippen LogP contribution in [0.25, 0.3) is 0 Å². The molecule has 0 spiro atoms. The molecule has 36 heavy (non-hydrogen) atoms. The number of Topliss-reactive ketones (excluding diaryl/α,β-unsaturated/α-hetero) is 1. The van der Waals surface area contributed by atoms with E-state index in [4.69, 9.17) is 4.74 Å². The highest BCUT2D eigenvalue weighted by molar-refractivity contribution is 5.97. The molecule has 1 amide bonds. The number of esters is 1. The summed E-state index contributed by atoms with van der Waals surface area (Å²) in [6.07, 6.45) is 4.42. The Morgan fingerprint density at radius 3 is 2.50 bits per heavy atom. The van der Waals surface area contributed by atoms with E-state index in [0.29, 0.717) is 18.7 Å². The molecule has 0 atom stereocenters. The normalized spacial score (nSPS) is 12.6. The van der Waals surface area contributed by atoms with Crippen LogP contribution in [0.15, 0.2) is 48.5 Å². The summed E-state index contributed by atoms with van der Waals surface area (Å²) < 4.78 is 7.01. The molecule has 0 saturated carbocycles. The van der Waals surface area contributed by atoms with Gasteiger partial charge in [0.25, 0.3) is 5.91 Å². The fourth-order valence-electron chi connectivity index (χ4n) is 4.62. The van der Waals surface area contributed by atoms with Gasteiger partial charge in [0, 0.05) is 29.8 Å². The second-order valence-electron chi connectivity index (χ2n) is 9.34. The number of carbonyl (C=O) groups excluding carboxylic acids is 3. The van der Waals surface area contributed by atoms with Crippen LogP contribution in [-0.4, -0.2) is 34.0 Å². The largest absolute Gasteiger partial charge is 0.456 e. The standard InChI is InChI=1S/C29H33N3O4/c1-20-26(21(2)32(31-20)18-22-8-4-3-5-9-22)17-30-28(34)19-36-29(35)15-14-27(33)25-13-12-23-10-6-7-11-24(23)16-25/h3-5,8-9,12-13,16H,6-7,10-11,14-15,17-19H2,1-2H3,(H,30,34). The van der Waals surface area contributed by atoms with E-state index >= 15 is 0 Å². The maximum Gasteiger partial charge on any atom is 0.306 e. The Bertz CT molecular complexity index is 1250. The molecule has 7 heteroatoms. The number of carbonyl (C=O) groups is 3. The maximum atomic E-state index is 12.5. The highest BCUT2D eigenvalue weighted by Gasteiger charge is 2.16. The number of aryl methyl sites for hydroxylation is 3. The van der Waals surface area contributed by atoms with Gasteiger partial charge in [-0.3, -0.25) is 19.1 Å². The first-order valence-electron chi connectivity index (χ1n) is 12.5. The smallest absolute Gasteiger partial charge is 0.306 e. The summed E-state index contributed by atoms with van der Waals surface area (Å²) in [5, 5.41) is 7.39. The first-order valence-corrected chi connectivity index (χ1v) is 12.5. The highest BCUT2D eigenvalue weighted by Crippen LogP contribution is 2.23. The zero-order valence-corrected chi connectivity index (χ0v) is 21.0. The third-order valence-electron chi connectivity index (χ3n) is 6.76. The lowest BCUT2D eigenvalue weighted by molar-refractivity contribution is -0.148. The molecule has 7 nitrogen and oxygen atoms in total. The minimum absolute atomic E-state index is 0.0479. The Balaban J connectivity index is 1.20. The van der Waals surface area contributed by atoms with Crippen LogP contribution in [0.1, 0.15) is 69.7 Å². The molecule has 0 unspecified atom stereocenters. The van der Waals surface area contributed by atoms with Crippen LogP contribution in [0, 0.1) is 13.8 Å². The van der Waals surface area contributed by atoms with E-state index in [9.17, 15) is 14.4 Å². The number of hydrogen-bond acceptors (Lipinski definition) is 5. The summed E-state index contributed by atoms with van der Waals surface area (Å²) in [6, 6.07) is 15.9. The topological polar surface area (TPSA) is 90.3 Å². The number of amides is 1. The van der Waals surface area contributed by atoms with Gasteiger partial charge in [-0.1, -0.05) is 42.5 Å². The molecule has 2 aromatic carbocycles. The summed E-state index contributed by atoms with van der Waals surface area (Å²) in [7, 11) is 0. The number of benzene rings is 2. The predicted octanol–water partition coefficient (Wildman–Crippen LogP) is 4.25. The lowest BCUT2D eigenvalue weighted by Crippen LogP contribution is -2.28. The molecule has 0 fully saturated rings. The van der Waals surface area contributed by atoms with Crippen LogP contribution in [0.5, 0.6) is 0 Å². The summed E-state index contributed by atoms with van der Waals surface area (Å²) in [4.78, 5) is 36.9. The molecule has 1 N–H and O–H groups in total. The van der Waals surface area contributed by atoms with Crippen molar-refractivity contribution in [3.63, 3.8) is 0 Å². The second-order valence-corrected chi connectivity index (χ2v) is 9.34. The number of fused-ring (bicyclic) bond motifs is 1. The van der Waals surface area contributed by atoms with Crippen molar-refractivity contribution in [2.24, 2.45) is 0 Å². The van der Waals surface area contributed by atoms with Crippen molar-refractivity contribution in [1.29, 1.82) is 0 Å². The van der Waals surface area contributed by atoms with E-state index in [2.05, 4.69) is 10.4 Å². The molecule has 0 aliphatic heterocycles. The van der Waals surface area contributed by atoms with Crippen molar-refractivity contribution in [3.8, 4) is 0 Å². The van der Waals surface area contributed by atoms with Crippen molar-refractivity contribution in [2.75, 3.05) is 6.61 Å². The zero-order chi connectivity index (χ0) is 25.5. The summed E-state index contributed by atoms with van der Waals surface area (Å²) >= 11 is 0. The van der Waals surface area contributed by atoms with Gasteiger partial charge in [-0.2, -0.15) is 5.10 Å². The number of ether oxygens (including phenoxy) is 1. The van der Waals surface area contributed by atoms with E-state index in [1.807, 2.05) is 67.1 Å². The zero-order valence-electron chi connectivity index (χ0n) is 21.0. The van der Waals surface area contributed by atoms with Gasteiger partial charge in [-0.15, -0.1) is 0 Å². The Kier molecular flexibility index (Phi) is 8.31. The van der Waals surface area contributed by atoms with Crippen molar-refractivity contribution in [2.45, 2.75) is 65.5 Å². The van der Waals surface area contributed by atoms with Crippen LogP contribution in [-0.2, 0) is 40.3 Å². The summed E-state index contributed by atoms with van der Waals surface area (Å²) in [6.45, 7) is 4.48. The minimum atomic E-state index is -0.556. The van der Waals surface area contributed by atoms with E-state index in [-0.39, 0.29) is 31.1 Å². The number of hydrogen-bond donors (Lipinski definition) is 1. The summed E-state index contributed by atoms with van der Waals surface area (Å²) in [5.41, 5.74) is 7.12. The van der Waals surface area contributed by atoms with Crippen LogP contribution in [0.4, 0.5) is 0 Å². The summed E-state index contributed by atoms with van der Waals surface area (Å²) in [5.74, 6) is -1.03. The van der Waals surface area contributed by atoms with Crippen LogP contribution < -0.4 is 5.32 Å². The Labute approximate surface area is 211 Å². The molecule has 1 aliphatic rings. The molecule has 188 valence electrons. The predicted molar refractivity (Wildman–Crippen MR) is 137 cm³/mol. The van der Waals surface area contributed by atoms with E-state index in [1.165, 1.54) is 17.5 Å². The Hall–Kier alpha value is -3.74. The van der Waals surface area contributed by atoms with Crippen LogP contribution >= 0.6 is 0 Å². The molecule has 4 rings (SSSR count). The Morgan fingerprint density at radius 2 is 1.72 bits per heavy atom. The van der Waals surface area contributed by atoms with Crippen molar-refractivity contribution in [1.82, 2.24) is 15.1 Å². The fraction of sp³-hybridized carbons (Fsp3) is 0.379. The van der Waals surface area contributed by atoms with Gasteiger partial charge in [-0.25, -0.2) is 0 Å². The molecule has 1 aromatic heterocycles.